The van der Waals surface area contributed by atoms with E-state index in [9.17, 15) is 5.26 Å². The van der Waals surface area contributed by atoms with E-state index < -0.39 is 0 Å². The zero-order chi connectivity index (χ0) is 13.5. The molecule has 0 N–H and O–H groups in total. The van der Waals surface area contributed by atoms with Gasteiger partial charge in [0.05, 0.1) is 12.1 Å². The Morgan fingerprint density at radius 3 is 2.21 bits per heavy atom. The molecule has 1 saturated carbocycles. The molecule has 1 atom stereocenters. The monoisotopic (exact) mass is 263 g/mol. The largest absolute Gasteiger partial charge is 0.298 e. The Bertz CT molecular complexity index is 281. The summed E-state index contributed by atoms with van der Waals surface area (Å²) in [6, 6.07) is 3.47. The Balaban J connectivity index is 1.79. The van der Waals surface area contributed by atoms with E-state index >= 15 is 0 Å². The molecule has 0 aromatic heterocycles. The highest BCUT2D eigenvalue weighted by atomic mass is 15.3. The lowest BCUT2D eigenvalue weighted by Crippen LogP contribution is -2.52. The highest BCUT2D eigenvalue weighted by Crippen LogP contribution is 2.23. The quantitative estimate of drug-likeness (QED) is 0.730. The molecule has 1 aliphatic heterocycles. The molecule has 3 heteroatoms. The third-order valence-electron chi connectivity index (χ3n) is 4.84. The van der Waals surface area contributed by atoms with Gasteiger partial charge in [-0.15, -0.1) is 0 Å². The van der Waals surface area contributed by atoms with Gasteiger partial charge in [0.15, 0.2) is 0 Å². The Kier molecular flexibility index (Phi) is 6.13. The molecule has 0 aromatic carbocycles. The molecule has 0 bridgehead atoms. The third-order valence-corrected chi connectivity index (χ3v) is 4.84. The fourth-order valence-corrected chi connectivity index (χ4v) is 3.64. The van der Waals surface area contributed by atoms with Crippen LogP contribution in [-0.2, 0) is 0 Å². The van der Waals surface area contributed by atoms with Crippen molar-refractivity contribution in [3.63, 3.8) is 0 Å². The Labute approximate surface area is 118 Å². The lowest BCUT2D eigenvalue weighted by atomic mass is 10.1. The van der Waals surface area contributed by atoms with Crippen LogP contribution in [0, 0.1) is 11.3 Å². The Morgan fingerprint density at radius 2 is 1.68 bits per heavy atom. The van der Waals surface area contributed by atoms with Crippen molar-refractivity contribution in [3.05, 3.63) is 0 Å². The van der Waals surface area contributed by atoms with Crippen molar-refractivity contribution in [1.82, 2.24) is 9.80 Å². The highest BCUT2D eigenvalue weighted by molar-refractivity contribution is 4.94. The van der Waals surface area contributed by atoms with Crippen LogP contribution < -0.4 is 0 Å². The summed E-state index contributed by atoms with van der Waals surface area (Å²) in [5.41, 5.74) is 0. The van der Waals surface area contributed by atoms with Crippen LogP contribution in [-0.4, -0.2) is 48.1 Å². The van der Waals surface area contributed by atoms with Gasteiger partial charge in [0.2, 0.25) is 0 Å². The van der Waals surface area contributed by atoms with E-state index in [1.807, 2.05) is 0 Å². The zero-order valence-corrected chi connectivity index (χ0v) is 12.5. The van der Waals surface area contributed by atoms with E-state index in [1.54, 1.807) is 0 Å². The first kappa shape index (κ1) is 14.8. The van der Waals surface area contributed by atoms with Gasteiger partial charge >= 0.3 is 0 Å². The lowest BCUT2D eigenvalue weighted by Gasteiger charge is -2.40. The van der Waals surface area contributed by atoms with Crippen molar-refractivity contribution in [1.29, 1.82) is 5.26 Å². The molecule has 1 aliphatic carbocycles. The molecule has 0 radical (unpaired) electrons. The fourth-order valence-electron chi connectivity index (χ4n) is 3.64. The van der Waals surface area contributed by atoms with Crippen molar-refractivity contribution in [2.75, 3.05) is 26.2 Å². The van der Waals surface area contributed by atoms with E-state index in [2.05, 4.69) is 22.8 Å². The molecular formula is C16H29N3. The number of nitrogens with zero attached hydrogens (tertiary/aromatic N) is 3. The molecule has 1 heterocycles. The van der Waals surface area contributed by atoms with E-state index in [0.717, 1.165) is 32.0 Å². The van der Waals surface area contributed by atoms with Crippen LogP contribution >= 0.6 is 0 Å². The minimum atomic E-state index is 0.154. The standard InChI is InChI=1S/C16H29N3/c1-2-7-16(14-17)19-12-10-18(11-13-19)15-8-5-3-4-6-9-15/h15-16H,2-13H2,1H3. The first-order chi connectivity index (χ1) is 9.35. The summed E-state index contributed by atoms with van der Waals surface area (Å²) >= 11 is 0. The zero-order valence-electron chi connectivity index (χ0n) is 12.5. The van der Waals surface area contributed by atoms with E-state index in [0.29, 0.717) is 0 Å². The van der Waals surface area contributed by atoms with E-state index in [4.69, 9.17) is 0 Å². The number of piperazine rings is 1. The summed E-state index contributed by atoms with van der Waals surface area (Å²) < 4.78 is 0. The second-order valence-electron chi connectivity index (χ2n) is 6.15. The highest BCUT2D eigenvalue weighted by Gasteiger charge is 2.27. The summed E-state index contributed by atoms with van der Waals surface area (Å²) in [5, 5.41) is 9.26. The van der Waals surface area contributed by atoms with Gasteiger partial charge in [-0.25, -0.2) is 0 Å². The maximum Gasteiger partial charge on any atom is 0.0978 e. The molecule has 0 spiro atoms. The molecule has 2 rings (SSSR count). The minimum absolute atomic E-state index is 0.154. The first-order valence-corrected chi connectivity index (χ1v) is 8.23. The third kappa shape index (κ3) is 4.19. The first-order valence-electron chi connectivity index (χ1n) is 8.23. The molecular weight excluding hydrogens is 234 g/mol. The minimum Gasteiger partial charge on any atom is -0.298 e. The second kappa shape index (κ2) is 7.87. The fraction of sp³-hybridized carbons (Fsp3) is 0.938. The number of rotatable bonds is 4. The van der Waals surface area contributed by atoms with Crippen molar-refractivity contribution in [2.45, 2.75) is 70.4 Å². The number of hydrogen-bond donors (Lipinski definition) is 0. The average Bonchev–Trinajstić information content (AvgIpc) is 2.74. The van der Waals surface area contributed by atoms with Crippen molar-refractivity contribution in [2.24, 2.45) is 0 Å². The number of hydrogen-bond acceptors (Lipinski definition) is 3. The van der Waals surface area contributed by atoms with Crippen LogP contribution in [0.4, 0.5) is 0 Å². The van der Waals surface area contributed by atoms with Crippen molar-refractivity contribution < 1.29 is 0 Å². The average molecular weight is 263 g/mol. The normalized spacial score (nSPS) is 25.7. The molecule has 2 fully saturated rings. The Morgan fingerprint density at radius 1 is 1.05 bits per heavy atom. The van der Waals surface area contributed by atoms with Gasteiger partial charge in [-0.05, 0) is 19.3 Å². The van der Waals surface area contributed by atoms with Crippen LogP contribution in [0.5, 0.6) is 0 Å². The summed E-state index contributed by atoms with van der Waals surface area (Å²) in [5.74, 6) is 0. The SMILES string of the molecule is CCCC(C#N)N1CCN(C2CCCCCC2)CC1. The van der Waals surface area contributed by atoms with Crippen LogP contribution in [0.25, 0.3) is 0 Å². The second-order valence-corrected chi connectivity index (χ2v) is 6.15. The van der Waals surface area contributed by atoms with Crippen LogP contribution in [0.2, 0.25) is 0 Å². The van der Waals surface area contributed by atoms with Gasteiger partial charge in [-0.1, -0.05) is 39.0 Å². The molecule has 3 nitrogen and oxygen atoms in total. The van der Waals surface area contributed by atoms with Crippen LogP contribution in [0.1, 0.15) is 58.3 Å². The molecule has 1 unspecified atom stereocenters. The molecule has 0 aromatic rings. The Hall–Kier alpha value is -0.590. The molecule has 0 amide bonds. The maximum absolute atomic E-state index is 9.26. The van der Waals surface area contributed by atoms with E-state index in [-0.39, 0.29) is 6.04 Å². The van der Waals surface area contributed by atoms with Crippen LogP contribution in [0.15, 0.2) is 0 Å². The summed E-state index contributed by atoms with van der Waals surface area (Å²) in [7, 11) is 0. The van der Waals surface area contributed by atoms with Crippen LogP contribution in [0.3, 0.4) is 0 Å². The number of nitriles is 1. The molecule has 108 valence electrons. The van der Waals surface area contributed by atoms with Gasteiger partial charge in [-0.2, -0.15) is 5.26 Å². The van der Waals surface area contributed by atoms with E-state index in [1.165, 1.54) is 51.6 Å². The topological polar surface area (TPSA) is 30.3 Å². The van der Waals surface area contributed by atoms with Crippen molar-refractivity contribution >= 4 is 0 Å². The maximum atomic E-state index is 9.26. The summed E-state index contributed by atoms with van der Waals surface area (Å²) in [6.45, 7) is 6.70. The van der Waals surface area contributed by atoms with Gasteiger partial charge in [0.1, 0.15) is 0 Å². The molecule has 1 saturated heterocycles. The predicted molar refractivity (Wildman–Crippen MR) is 78.9 cm³/mol. The van der Waals surface area contributed by atoms with Gasteiger partial charge in [0, 0.05) is 32.2 Å². The lowest BCUT2D eigenvalue weighted by molar-refractivity contribution is 0.0743. The predicted octanol–water partition coefficient (Wildman–Crippen LogP) is 3.02. The smallest absolute Gasteiger partial charge is 0.0978 e. The van der Waals surface area contributed by atoms with Crippen molar-refractivity contribution in [3.8, 4) is 6.07 Å². The molecule has 19 heavy (non-hydrogen) atoms. The molecule has 2 aliphatic rings. The van der Waals surface area contributed by atoms with Gasteiger partial charge in [-0.3, -0.25) is 9.80 Å². The van der Waals surface area contributed by atoms with Gasteiger partial charge < -0.3 is 0 Å². The summed E-state index contributed by atoms with van der Waals surface area (Å²) in [4.78, 5) is 5.10. The summed E-state index contributed by atoms with van der Waals surface area (Å²) in [6.07, 6.45) is 10.6. The van der Waals surface area contributed by atoms with Gasteiger partial charge in [0.25, 0.3) is 0 Å².